The van der Waals surface area contributed by atoms with Gasteiger partial charge in [-0.2, -0.15) is 5.26 Å². The molecule has 0 N–H and O–H groups in total. The first kappa shape index (κ1) is 12.5. The van der Waals surface area contributed by atoms with Crippen molar-refractivity contribution >= 4 is 17.3 Å². The second-order valence-electron chi connectivity index (χ2n) is 4.20. The molecule has 0 unspecified atom stereocenters. The quantitative estimate of drug-likeness (QED) is 0.599. The van der Waals surface area contributed by atoms with Gasteiger partial charge in [-0.15, -0.1) is 0 Å². The van der Waals surface area contributed by atoms with Crippen molar-refractivity contribution in [2.24, 2.45) is 5.41 Å². The predicted octanol–water partition coefficient (Wildman–Crippen LogP) is 3.34. The zero-order valence-electron chi connectivity index (χ0n) is 9.03. The van der Waals surface area contributed by atoms with Crippen molar-refractivity contribution in [1.29, 1.82) is 5.26 Å². The van der Waals surface area contributed by atoms with Crippen LogP contribution in [0.4, 0.5) is 5.69 Å². The first-order chi connectivity index (χ1) is 7.35. The van der Waals surface area contributed by atoms with E-state index in [1.807, 2.05) is 0 Å². The van der Waals surface area contributed by atoms with E-state index in [9.17, 15) is 10.1 Å². The Hall–Kier alpha value is -1.60. The molecule has 16 heavy (non-hydrogen) atoms. The zero-order valence-corrected chi connectivity index (χ0v) is 9.78. The average Bonchev–Trinajstić information content (AvgIpc) is 2.16. The van der Waals surface area contributed by atoms with E-state index in [0.717, 1.165) is 0 Å². The molecule has 0 bridgehead atoms. The summed E-state index contributed by atoms with van der Waals surface area (Å²) in [7, 11) is 0. The molecule has 0 amide bonds. The molecule has 4 nitrogen and oxygen atoms in total. The summed E-state index contributed by atoms with van der Waals surface area (Å²) in [5.74, 6) is 0. The molecule has 0 atom stereocenters. The predicted molar refractivity (Wildman–Crippen MR) is 61.2 cm³/mol. The number of nitriles is 1. The minimum Gasteiger partial charge on any atom is -0.258 e. The molecular weight excluding hydrogens is 228 g/mol. The van der Waals surface area contributed by atoms with Gasteiger partial charge in [-0.3, -0.25) is 10.1 Å². The summed E-state index contributed by atoms with van der Waals surface area (Å²) < 4.78 is 0. The van der Waals surface area contributed by atoms with Crippen LogP contribution in [0.2, 0.25) is 5.02 Å². The molecule has 0 aromatic heterocycles. The number of nitro benzene ring substituents is 1. The fourth-order valence-electron chi connectivity index (χ4n) is 1.39. The zero-order chi connectivity index (χ0) is 12.3. The maximum Gasteiger partial charge on any atom is 0.272 e. The minimum absolute atomic E-state index is 0.00715. The van der Waals surface area contributed by atoms with E-state index in [4.69, 9.17) is 16.9 Å². The highest BCUT2D eigenvalue weighted by molar-refractivity contribution is 6.30. The monoisotopic (exact) mass is 238 g/mol. The summed E-state index contributed by atoms with van der Waals surface area (Å²) >= 11 is 5.79. The second-order valence-corrected chi connectivity index (χ2v) is 4.64. The largest absolute Gasteiger partial charge is 0.272 e. The average molecular weight is 239 g/mol. The number of nitro groups is 1. The molecule has 0 aliphatic rings. The minimum atomic E-state index is -0.643. The summed E-state index contributed by atoms with van der Waals surface area (Å²) in [6.45, 7) is 3.47. The van der Waals surface area contributed by atoms with E-state index < -0.39 is 10.3 Å². The van der Waals surface area contributed by atoms with Crippen LogP contribution in [-0.2, 0) is 6.42 Å². The third-order valence-electron chi connectivity index (χ3n) is 2.17. The van der Waals surface area contributed by atoms with Crippen molar-refractivity contribution in [3.8, 4) is 6.07 Å². The highest BCUT2D eigenvalue weighted by Crippen LogP contribution is 2.29. The van der Waals surface area contributed by atoms with E-state index in [1.54, 1.807) is 19.9 Å². The summed E-state index contributed by atoms with van der Waals surface area (Å²) in [5.41, 5.74) is -0.146. The van der Waals surface area contributed by atoms with Crippen molar-refractivity contribution < 1.29 is 4.92 Å². The number of nitrogens with zero attached hydrogens (tertiary/aromatic N) is 2. The molecule has 0 aliphatic heterocycles. The fraction of sp³-hybridized carbons (Fsp3) is 0.364. The molecule has 0 saturated heterocycles. The number of benzene rings is 1. The van der Waals surface area contributed by atoms with E-state index in [-0.39, 0.29) is 5.69 Å². The van der Waals surface area contributed by atoms with Crippen molar-refractivity contribution in [1.82, 2.24) is 0 Å². The van der Waals surface area contributed by atoms with Gasteiger partial charge in [-0.1, -0.05) is 11.6 Å². The van der Waals surface area contributed by atoms with Gasteiger partial charge in [0.2, 0.25) is 0 Å². The van der Waals surface area contributed by atoms with Crippen LogP contribution in [0.3, 0.4) is 0 Å². The highest BCUT2D eigenvalue weighted by atomic mass is 35.5. The van der Waals surface area contributed by atoms with Gasteiger partial charge in [0.25, 0.3) is 5.69 Å². The van der Waals surface area contributed by atoms with Gasteiger partial charge in [-0.05, 0) is 32.4 Å². The van der Waals surface area contributed by atoms with Gasteiger partial charge in [0.15, 0.2) is 0 Å². The Bertz CT molecular complexity index is 464. The van der Waals surface area contributed by atoms with Crippen LogP contribution >= 0.6 is 11.6 Å². The lowest BCUT2D eigenvalue weighted by molar-refractivity contribution is -0.385. The maximum absolute atomic E-state index is 10.8. The standard InChI is InChI=1S/C11H11ClN2O2/c1-11(2,7-13)6-8-5-9(12)3-4-10(8)14(15)16/h3-5H,6H2,1-2H3. The summed E-state index contributed by atoms with van der Waals surface area (Å²) in [6.07, 6.45) is 0.306. The molecule has 0 saturated carbocycles. The molecule has 1 rings (SSSR count). The van der Waals surface area contributed by atoms with E-state index in [1.165, 1.54) is 12.1 Å². The normalized spacial score (nSPS) is 10.9. The van der Waals surface area contributed by atoms with Crippen LogP contribution in [0.15, 0.2) is 18.2 Å². The Kier molecular flexibility index (Phi) is 3.51. The van der Waals surface area contributed by atoms with Crippen LogP contribution in [0.1, 0.15) is 19.4 Å². The van der Waals surface area contributed by atoms with Crippen molar-refractivity contribution in [3.63, 3.8) is 0 Å². The van der Waals surface area contributed by atoms with Crippen molar-refractivity contribution in [3.05, 3.63) is 38.9 Å². The molecule has 0 fully saturated rings. The Morgan fingerprint density at radius 3 is 2.69 bits per heavy atom. The molecule has 5 heteroatoms. The molecule has 0 heterocycles. The number of rotatable bonds is 3. The Morgan fingerprint density at radius 2 is 2.19 bits per heavy atom. The SMILES string of the molecule is CC(C)(C#N)Cc1cc(Cl)ccc1[N+](=O)[O-]. The van der Waals surface area contributed by atoms with E-state index in [0.29, 0.717) is 17.0 Å². The Balaban J connectivity index is 3.17. The van der Waals surface area contributed by atoms with Crippen molar-refractivity contribution in [2.75, 3.05) is 0 Å². The fourth-order valence-corrected chi connectivity index (χ4v) is 1.58. The highest BCUT2D eigenvalue weighted by Gasteiger charge is 2.23. The lowest BCUT2D eigenvalue weighted by Crippen LogP contribution is -2.13. The third kappa shape index (κ3) is 2.94. The van der Waals surface area contributed by atoms with Gasteiger partial charge < -0.3 is 0 Å². The molecule has 1 aromatic rings. The number of halogens is 1. The van der Waals surface area contributed by atoms with Gasteiger partial charge in [-0.25, -0.2) is 0 Å². The van der Waals surface area contributed by atoms with Gasteiger partial charge in [0.1, 0.15) is 0 Å². The molecular formula is C11H11ClN2O2. The summed E-state index contributed by atoms with van der Waals surface area (Å²) in [5, 5.41) is 20.1. The van der Waals surface area contributed by atoms with Crippen LogP contribution in [0.5, 0.6) is 0 Å². The third-order valence-corrected chi connectivity index (χ3v) is 2.41. The Labute approximate surface area is 98.6 Å². The number of hydrogen-bond donors (Lipinski definition) is 0. The van der Waals surface area contributed by atoms with Crippen LogP contribution in [-0.4, -0.2) is 4.92 Å². The first-order valence-corrected chi connectivity index (χ1v) is 5.07. The smallest absolute Gasteiger partial charge is 0.258 e. The van der Waals surface area contributed by atoms with Gasteiger partial charge in [0, 0.05) is 16.7 Å². The molecule has 84 valence electrons. The van der Waals surface area contributed by atoms with Crippen LogP contribution < -0.4 is 0 Å². The maximum atomic E-state index is 10.8. The van der Waals surface area contributed by atoms with Crippen LogP contribution in [0.25, 0.3) is 0 Å². The lowest BCUT2D eigenvalue weighted by Gasteiger charge is -2.14. The molecule has 0 radical (unpaired) electrons. The molecule has 1 aromatic carbocycles. The summed E-state index contributed by atoms with van der Waals surface area (Å²) in [4.78, 5) is 10.3. The van der Waals surface area contributed by atoms with E-state index in [2.05, 4.69) is 6.07 Å². The second kappa shape index (κ2) is 4.50. The van der Waals surface area contributed by atoms with E-state index >= 15 is 0 Å². The molecule has 0 spiro atoms. The molecule has 0 aliphatic carbocycles. The van der Waals surface area contributed by atoms with Crippen molar-refractivity contribution in [2.45, 2.75) is 20.3 Å². The topological polar surface area (TPSA) is 66.9 Å². The number of hydrogen-bond acceptors (Lipinski definition) is 3. The Morgan fingerprint density at radius 1 is 1.56 bits per heavy atom. The van der Waals surface area contributed by atoms with Gasteiger partial charge >= 0.3 is 0 Å². The van der Waals surface area contributed by atoms with Gasteiger partial charge in [0.05, 0.1) is 16.4 Å². The summed E-state index contributed by atoms with van der Waals surface area (Å²) in [6, 6.07) is 6.49. The van der Waals surface area contributed by atoms with Crippen LogP contribution in [0, 0.1) is 26.9 Å². The first-order valence-electron chi connectivity index (χ1n) is 4.70. The lowest BCUT2D eigenvalue weighted by atomic mass is 9.87.